The molecule has 0 bridgehead atoms. The third kappa shape index (κ3) is 4.50. The molecule has 0 aromatic rings. The van der Waals surface area contributed by atoms with Crippen LogP contribution in [0.15, 0.2) is 24.4 Å². The molecule has 0 rings (SSSR count). The van der Waals surface area contributed by atoms with Gasteiger partial charge in [0.15, 0.2) is 0 Å². The van der Waals surface area contributed by atoms with Gasteiger partial charge in [-0.05, 0) is 24.7 Å². The van der Waals surface area contributed by atoms with Gasteiger partial charge in [-0.25, -0.2) is 0 Å². The molecule has 0 amide bonds. The quantitative estimate of drug-likeness (QED) is 0.610. The highest BCUT2D eigenvalue weighted by Gasteiger charge is 2.16. The molecule has 14 heavy (non-hydrogen) atoms. The van der Waals surface area contributed by atoms with Crippen LogP contribution in [0.5, 0.6) is 0 Å². The highest BCUT2D eigenvalue weighted by molar-refractivity contribution is 5.07. The Morgan fingerprint density at radius 3 is 2.21 bits per heavy atom. The average molecular weight is 195 g/mol. The Balaban J connectivity index is 4.29. The van der Waals surface area contributed by atoms with E-state index >= 15 is 0 Å². The Hall–Kier alpha value is -0.720. The first-order valence-electron chi connectivity index (χ1n) is 5.56. The van der Waals surface area contributed by atoms with Gasteiger partial charge in [-0.15, -0.1) is 0 Å². The predicted molar refractivity (Wildman–Crippen MR) is 65.2 cm³/mol. The standard InChI is InChI=1S/C13H25N/c1-7-8-11(4)13(10(2)3)9-12(5)14-6/h10,13-14H,4-5,7-9H2,1-3,6H3. The topological polar surface area (TPSA) is 12.0 Å². The fourth-order valence-corrected chi connectivity index (χ4v) is 1.73. The number of nitrogens with one attached hydrogen (secondary N) is 1. The molecule has 1 N–H and O–H groups in total. The second-order valence-electron chi connectivity index (χ2n) is 4.32. The lowest BCUT2D eigenvalue weighted by Gasteiger charge is -2.24. The number of allylic oxidation sites excluding steroid dienone is 2. The summed E-state index contributed by atoms with van der Waals surface area (Å²) in [7, 11) is 1.93. The van der Waals surface area contributed by atoms with Crippen LogP contribution in [0.1, 0.15) is 40.0 Å². The maximum absolute atomic E-state index is 4.18. The van der Waals surface area contributed by atoms with Crippen LogP contribution >= 0.6 is 0 Å². The fraction of sp³-hybridized carbons (Fsp3) is 0.692. The zero-order valence-electron chi connectivity index (χ0n) is 10.2. The van der Waals surface area contributed by atoms with E-state index in [9.17, 15) is 0 Å². The van der Waals surface area contributed by atoms with E-state index in [1.165, 1.54) is 12.0 Å². The molecule has 0 aliphatic carbocycles. The summed E-state index contributed by atoms with van der Waals surface area (Å²) in [5, 5.41) is 3.11. The molecule has 1 heteroatoms. The molecule has 0 heterocycles. The van der Waals surface area contributed by atoms with Gasteiger partial charge < -0.3 is 5.32 Å². The molecule has 0 saturated carbocycles. The molecule has 0 radical (unpaired) electrons. The first kappa shape index (κ1) is 13.3. The lowest BCUT2D eigenvalue weighted by Crippen LogP contribution is -2.16. The summed E-state index contributed by atoms with van der Waals surface area (Å²) in [5.74, 6) is 1.23. The van der Waals surface area contributed by atoms with Crippen LogP contribution in [0, 0.1) is 11.8 Å². The van der Waals surface area contributed by atoms with Crippen LogP contribution in [0.3, 0.4) is 0 Å². The summed E-state index contributed by atoms with van der Waals surface area (Å²) in [6.07, 6.45) is 3.35. The minimum atomic E-state index is 0.579. The Morgan fingerprint density at radius 1 is 1.29 bits per heavy atom. The van der Waals surface area contributed by atoms with E-state index in [4.69, 9.17) is 0 Å². The van der Waals surface area contributed by atoms with Gasteiger partial charge in [0.05, 0.1) is 0 Å². The van der Waals surface area contributed by atoms with E-state index < -0.39 is 0 Å². The van der Waals surface area contributed by atoms with Crippen molar-refractivity contribution in [3.05, 3.63) is 24.4 Å². The highest BCUT2D eigenvalue weighted by atomic mass is 14.8. The van der Waals surface area contributed by atoms with Crippen molar-refractivity contribution in [3.8, 4) is 0 Å². The summed E-state index contributed by atoms with van der Waals surface area (Å²) in [6, 6.07) is 0. The van der Waals surface area contributed by atoms with Crippen molar-refractivity contribution in [3.63, 3.8) is 0 Å². The zero-order chi connectivity index (χ0) is 11.1. The van der Waals surface area contributed by atoms with E-state index in [2.05, 4.69) is 39.2 Å². The molecule has 82 valence electrons. The molecule has 0 aromatic heterocycles. The molecule has 0 aromatic carbocycles. The summed E-state index contributed by atoms with van der Waals surface area (Å²) >= 11 is 0. The summed E-state index contributed by atoms with van der Waals surface area (Å²) in [6.45, 7) is 14.9. The summed E-state index contributed by atoms with van der Waals surface area (Å²) in [4.78, 5) is 0. The van der Waals surface area contributed by atoms with Gasteiger partial charge in [-0.2, -0.15) is 0 Å². The van der Waals surface area contributed by atoms with Crippen molar-refractivity contribution in [1.82, 2.24) is 5.32 Å². The van der Waals surface area contributed by atoms with Crippen LogP contribution in [0.25, 0.3) is 0 Å². The third-order valence-electron chi connectivity index (χ3n) is 2.72. The lowest BCUT2D eigenvalue weighted by atomic mass is 9.83. The smallest absolute Gasteiger partial charge is 0.00371 e. The van der Waals surface area contributed by atoms with Crippen molar-refractivity contribution in [2.45, 2.75) is 40.0 Å². The van der Waals surface area contributed by atoms with Crippen molar-refractivity contribution in [2.75, 3.05) is 7.05 Å². The minimum absolute atomic E-state index is 0.579. The molecule has 0 aliphatic heterocycles. The van der Waals surface area contributed by atoms with Crippen LogP contribution in [-0.4, -0.2) is 7.05 Å². The lowest BCUT2D eigenvalue weighted by molar-refractivity contribution is 0.422. The summed E-state index contributed by atoms with van der Waals surface area (Å²) in [5.41, 5.74) is 2.49. The van der Waals surface area contributed by atoms with Gasteiger partial charge in [-0.3, -0.25) is 0 Å². The third-order valence-corrected chi connectivity index (χ3v) is 2.72. The van der Waals surface area contributed by atoms with Gasteiger partial charge in [0.25, 0.3) is 0 Å². The predicted octanol–water partition coefficient (Wildman–Crippen LogP) is 3.74. The molecule has 0 aliphatic rings. The van der Waals surface area contributed by atoms with E-state index in [0.717, 1.165) is 18.5 Å². The van der Waals surface area contributed by atoms with Gasteiger partial charge >= 0.3 is 0 Å². The van der Waals surface area contributed by atoms with Gasteiger partial charge in [-0.1, -0.05) is 45.9 Å². The second kappa shape index (κ2) is 6.69. The molecule has 0 saturated heterocycles. The van der Waals surface area contributed by atoms with E-state index in [0.29, 0.717) is 11.8 Å². The molecule has 0 spiro atoms. The van der Waals surface area contributed by atoms with Crippen molar-refractivity contribution in [1.29, 1.82) is 0 Å². The Kier molecular flexibility index (Phi) is 6.35. The van der Waals surface area contributed by atoms with E-state index in [-0.39, 0.29) is 0 Å². The Labute approximate surface area is 89.3 Å². The first-order valence-corrected chi connectivity index (χ1v) is 5.56. The minimum Gasteiger partial charge on any atom is -0.392 e. The maximum atomic E-state index is 4.18. The maximum Gasteiger partial charge on any atom is 0.00371 e. The normalized spacial score (nSPS) is 12.6. The monoisotopic (exact) mass is 195 g/mol. The average Bonchev–Trinajstić information content (AvgIpc) is 2.13. The Morgan fingerprint density at radius 2 is 1.86 bits per heavy atom. The number of hydrogen-bond donors (Lipinski definition) is 1. The molecule has 1 nitrogen and oxygen atoms in total. The highest BCUT2D eigenvalue weighted by Crippen LogP contribution is 2.27. The van der Waals surface area contributed by atoms with Crippen molar-refractivity contribution in [2.24, 2.45) is 11.8 Å². The first-order chi connectivity index (χ1) is 6.52. The molecular formula is C13H25N. The van der Waals surface area contributed by atoms with Crippen LogP contribution in [0.4, 0.5) is 0 Å². The molecule has 1 atom stereocenters. The zero-order valence-corrected chi connectivity index (χ0v) is 10.2. The van der Waals surface area contributed by atoms with Crippen molar-refractivity contribution < 1.29 is 0 Å². The summed E-state index contributed by atoms with van der Waals surface area (Å²) < 4.78 is 0. The van der Waals surface area contributed by atoms with Crippen molar-refractivity contribution >= 4 is 0 Å². The molecular weight excluding hydrogens is 170 g/mol. The largest absolute Gasteiger partial charge is 0.392 e. The molecule has 0 fully saturated rings. The fourth-order valence-electron chi connectivity index (χ4n) is 1.73. The molecule has 1 unspecified atom stereocenters. The van der Waals surface area contributed by atoms with Crippen LogP contribution in [0.2, 0.25) is 0 Å². The van der Waals surface area contributed by atoms with Gasteiger partial charge in [0.2, 0.25) is 0 Å². The van der Waals surface area contributed by atoms with E-state index in [1.807, 2.05) is 7.05 Å². The van der Waals surface area contributed by atoms with Crippen LogP contribution in [-0.2, 0) is 0 Å². The van der Waals surface area contributed by atoms with Crippen LogP contribution < -0.4 is 5.32 Å². The van der Waals surface area contributed by atoms with Gasteiger partial charge in [0.1, 0.15) is 0 Å². The SMILES string of the molecule is C=C(CC(C(=C)CCC)C(C)C)NC. The Bertz CT molecular complexity index is 191. The van der Waals surface area contributed by atoms with Gasteiger partial charge in [0, 0.05) is 12.7 Å². The van der Waals surface area contributed by atoms with E-state index in [1.54, 1.807) is 0 Å². The second-order valence-corrected chi connectivity index (χ2v) is 4.32. The number of hydrogen-bond acceptors (Lipinski definition) is 1. The number of rotatable bonds is 7.